The lowest BCUT2D eigenvalue weighted by atomic mass is 10.3. The number of rotatable bonds is 8. The number of fused-ring (bicyclic) bond motifs is 1. The molecule has 0 unspecified atom stereocenters. The second-order valence-corrected chi connectivity index (χ2v) is 9.46. The van der Waals surface area contributed by atoms with E-state index < -0.39 is 0 Å². The van der Waals surface area contributed by atoms with E-state index in [1.165, 1.54) is 11.3 Å². The van der Waals surface area contributed by atoms with Crippen LogP contribution in [-0.4, -0.2) is 26.2 Å². The molecular weight excluding hydrogens is 448 g/mol. The predicted octanol–water partition coefficient (Wildman–Crippen LogP) is 5.47. The first-order valence-electron chi connectivity index (χ1n) is 9.95. The molecule has 0 atom stereocenters. The standard InChI is InChI=1S/C22H22N4O2S3/c1-3-4-13-25-20(27)18-19(24-21(25)30-14-15-9-11-23-12-10-15)26(22(29)31-18)16-7-5-6-8-17(16)28-2/h5-12H,3-4,13-14H2,1-2H3. The van der Waals surface area contributed by atoms with Gasteiger partial charge in [0.15, 0.2) is 14.8 Å². The Morgan fingerprint density at radius 1 is 1.19 bits per heavy atom. The zero-order chi connectivity index (χ0) is 21.8. The van der Waals surface area contributed by atoms with Crippen LogP contribution in [0, 0.1) is 3.95 Å². The maximum absolute atomic E-state index is 13.4. The summed E-state index contributed by atoms with van der Waals surface area (Å²) in [5.41, 5.74) is 2.45. The number of unbranched alkanes of at least 4 members (excludes halogenated alkanes) is 1. The van der Waals surface area contributed by atoms with E-state index >= 15 is 0 Å². The van der Waals surface area contributed by atoms with Crippen molar-refractivity contribution in [1.29, 1.82) is 0 Å². The van der Waals surface area contributed by atoms with Gasteiger partial charge < -0.3 is 4.74 Å². The van der Waals surface area contributed by atoms with Gasteiger partial charge in [0.05, 0.1) is 12.8 Å². The minimum Gasteiger partial charge on any atom is -0.495 e. The predicted molar refractivity (Wildman–Crippen MR) is 129 cm³/mol. The Bertz CT molecular complexity index is 1310. The Morgan fingerprint density at radius 2 is 1.97 bits per heavy atom. The minimum absolute atomic E-state index is 0.0413. The molecule has 3 aromatic heterocycles. The van der Waals surface area contributed by atoms with E-state index in [1.807, 2.05) is 41.0 Å². The van der Waals surface area contributed by atoms with Gasteiger partial charge in [-0.3, -0.25) is 18.9 Å². The molecule has 0 aliphatic heterocycles. The highest BCUT2D eigenvalue weighted by Gasteiger charge is 2.19. The van der Waals surface area contributed by atoms with Crippen LogP contribution in [0.4, 0.5) is 0 Å². The summed E-state index contributed by atoms with van der Waals surface area (Å²) in [6.45, 7) is 2.75. The monoisotopic (exact) mass is 470 g/mol. The van der Waals surface area contributed by atoms with Crippen molar-refractivity contribution in [2.45, 2.75) is 37.2 Å². The summed E-state index contributed by atoms with van der Waals surface area (Å²) in [5.74, 6) is 1.38. The lowest BCUT2D eigenvalue weighted by molar-refractivity contribution is 0.413. The number of pyridine rings is 1. The lowest BCUT2D eigenvalue weighted by Gasteiger charge is -2.13. The molecule has 4 aromatic rings. The van der Waals surface area contributed by atoms with Crippen molar-refractivity contribution >= 4 is 45.7 Å². The molecule has 0 saturated carbocycles. The third-order valence-corrected chi connectivity index (χ3v) is 7.24. The van der Waals surface area contributed by atoms with Crippen LogP contribution in [0.3, 0.4) is 0 Å². The Kier molecular flexibility index (Phi) is 6.84. The number of para-hydroxylation sites is 2. The number of thioether (sulfide) groups is 1. The van der Waals surface area contributed by atoms with Gasteiger partial charge in [0.2, 0.25) is 0 Å². The van der Waals surface area contributed by atoms with Crippen molar-refractivity contribution in [3.8, 4) is 11.4 Å². The van der Waals surface area contributed by atoms with Crippen molar-refractivity contribution in [3.05, 3.63) is 68.7 Å². The van der Waals surface area contributed by atoms with E-state index in [1.54, 1.807) is 35.8 Å². The SMILES string of the molecule is CCCCn1c(SCc2ccncc2)nc2c(sc(=S)n2-c2ccccc2OC)c1=O. The van der Waals surface area contributed by atoms with Crippen LogP contribution in [0.15, 0.2) is 58.7 Å². The maximum atomic E-state index is 13.4. The van der Waals surface area contributed by atoms with Gasteiger partial charge in [-0.2, -0.15) is 0 Å². The van der Waals surface area contributed by atoms with Gasteiger partial charge >= 0.3 is 0 Å². The number of methoxy groups -OCH3 is 1. The summed E-state index contributed by atoms with van der Waals surface area (Å²) >= 11 is 8.49. The van der Waals surface area contributed by atoms with E-state index in [0.29, 0.717) is 37.5 Å². The fourth-order valence-electron chi connectivity index (χ4n) is 3.24. The molecule has 0 saturated heterocycles. The fourth-order valence-corrected chi connectivity index (χ4v) is 5.53. The average molecular weight is 471 g/mol. The van der Waals surface area contributed by atoms with Crippen LogP contribution < -0.4 is 10.3 Å². The molecule has 0 fully saturated rings. The average Bonchev–Trinajstić information content (AvgIpc) is 3.13. The number of hydrogen-bond donors (Lipinski definition) is 0. The van der Waals surface area contributed by atoms with E-state index in [0.717, 1.165) is 24.1 Å². The zero-order valence-corrected chi connectivity index (χ0v) is 19.7. The Balaban J connectivity index is 1.88. The molecule has 0 spiro atoms. The van der Waals surface area contributed by atoms with Crippen LogP contribution in [0.25, 0.3) is 16.0 Å². The summed E-state index contributed by atoms with van der Waals surface area (Å²) in [5, 5.41) is 0.694. The Hall–Kier alpha value is -2.49. The molecule has 1 aromatic carbocycles. The van der Waals surface area contributed by atoms with E-state index in [9.17, 15) is 4.79 Å². The van der Waals surface area contributed by atoms with Gasteiger partial charge in [0.25, 0.3) is 5.56 Å². The third kappa shape index (κ3) is 4.44. The summed E-state index contributed by atoms with van der Waals surface area (Å²) in [4.78, 5) is 22.4. The van der Waals surface area contributed by atoms with E-state index in [-0.39, 0.29) is 5.56 Å². The van der Waals surface area contributed by atoms with E-state index in [4.69, 9.17) is 21.9 Å². The number of ether oxygens (including phenoxy) is 1. The Labute approximate surface area is 193 Å². The quantitative estimate of drug-likeness (QED) is 0.193. The maximum Gasteiger partial charge on any atom is 0.273 e. The molecule has 0 bridgehead atoms. The van der Waals surface area contributed by atoms with Gasteiger partial charge in [-0.25, -0.2) is 4.98 Å². The summed E-state index contributed by atoms with van der Waals surface area (Å²) < 4.78 is 10.3. The highest BCUT2D eigenvalue weighted by atomic mass is 32.2. The lowest BCUT2D eigenvalue weighted by Crippen LogP contribution is -2.23. The molecule has 6 nitrogen and oxygen atoms in total. The van der Waals surface area contributed by atoms with Gasteiger partial charge in [0.1, 0.15) is 10.4 Å². The second-order valence-electron chi connectivity index (χ2n) is 6.88. The fraction of sp³-hybridized carbons (Fsp3) is 0.273. The first kappa shape index (κ1) is 21.7. The van der Waals surface area contributed by atoms with Crippen LogP contribution in [0.2, 0.25) is 0 Å². The van der Waals surface area contributed by atoms with Crippen LogP contribution in [0.1, 0.15) is 25.3 Å². The molecule has 0 amide bonds. The molecule has 9 heteroatoms. The first-order chi connectivity index (χ1) is 15.1. The molecular formula is C22H22N4O2S3. The van der Waals surface area contributed by atoms with E-state index in [2.05, 4.69) is 11.9 Å². The zero-order valence-electron chi connectivity index (χ0n) is 17.3. The number of thiazole rings is 1. The molecule has 31 heavy (non-hydrogen) atoms. The van der Waals surface area contributed by atoms with Gasteiger partial charge in [-0.15, -0.1) is 0 Å². The van der Waals surface area contributed by atoms with Crippen molar-refractivity contribution < 1.29 is 4.74 Å². The third-order valence-electron chi connectivity index (χ3n) is 4.84. The number of nitrogens with zero attached hydrogens (tertiary/aromatic N) is 4. The molecule has 0 radical (unpaired) electrons. The topological polar surface area (TPSA) is 61.9 Å². The molecule has 0 aliphatic rings. The normalized spacial score (nSPS) is 11.2. The van der Waals surface area contributed by atoms with Crippen LogP contribution in [0.5, 0.6) is 5.75 Å². The Morgan fingerprint density at radius 3 is 2.71 bits per heavy atom. The first-order valence-corrected chi connectivity index (χ1v) is 12.2. The van der Waals surface area contributed by atoms with Crippen molar-refractivity contribution in [3.63, 3.8) is 0 Å². The number of benzene rings is 1. The van der Waals surface area contributed by atoms with Gasteiger partial charge in [-0.05, 0) is 48.5 Å². The summed E-state index contributed by atoms with van der Waals surface area (Å²) in [6.07, 6.45) is 5.45. The van der Waals surface area contributed by atoms with Gasteiger partial charge in [0, 0.05) is 24.7 Å². The smallest absolute Gasteiger partial charge is 0.273 e. The summed E-state index contributed by atoms with van der Waals surface area (Å²) in [6, 6.07) is 11.6. The summed E-state index contributed by atoms with van der Waals surface area (Å²) in [7, 11) is 1.62. The molecule has 160 valence electrons. The minimum atomic E-state index is -0.0413. The van der Waals surface area contributed by atoms with Crippen molar-refractivity contribution in [1.82, 2.24) is 19.1 Å². The van der Waals surface area contributed by atoms with Crippen molar-refractivity contribution in [2.75, 3.05) is 7.11 Å². The number of aromatic nitrogens is 4. The van der Waals surface area contributed by atoms with Crippen molar-refractivity contribution in [2.24, 2.45) is 0 Å². The van der Waals surface area contributed by atoms with Gasteiger partial charge in [-0.1, -0.05) is 48.6 Å². The molecule has 4 rings (SSSR count). The number of hydrogen-bond acceptors (Lipinski definition) is 7. The van der Waals surface area contributed by atoms with Crippen LogP contribution in [-0.2, 0) is 12.3 Å². The molecule has 3 heterocycles. The highest BCUT2D eigenvalue weighted by Crippen LogP contribution is 2.31. The highest BCUT2D eigenvalue weighted by molar-refractivity contribution is 7.98. The van der Waals surface area contributed by atoms with Crippen LogP contribution >= 0.6 is 35.3 Å². The molecule has 0 aliphatic carbocycles. The largest absolute Gasteiger partial charge is 0.495 e. The molecule has 0 N–H and O–H groups in total. The second kappa shape index (κ2) is 9.76.